The van der Waals surface area contributed by atoms with E-state index >= 15 is 0 Å². The number of carbonyl (C=O) groups is 1. The van der Waals surface area contributed by atoms with Gasteiger partial charge in [-0.15, -0.1) is 10.2 Å². The van der Waals surface area contributed by atoms with E-state index in [0.717, 1.165) is 18.5 Å². The molecule has 2 heterocycles. The van der Waals surface area contributed by atoms with Gasteiger partial charge in [-0.2, -0.15) is 0 Å². The van der Waals surface area contributed by atoms with Gasteiger partial charge >= 0.3 is 0 Å². The van der Waals surface area contributed by atoms with Gasteiger partial charge in [0, 0.05) is 18.7 Å². The highest BCUT2D eigenvalue weighted by Crippen LogP contribution is 2.62. The van der Waals surface area contributed by atoms with Crippen LogP contribution in [0.4, 0.5) is 0 Å². The number of hydrogen-bond donors (Lipinski definition) is 1. The van der Waals surface area contributed by atoms with Crippen LogP contribution in [0, 0.1) is 16.7 Å². The van der Waals surface area contributed by atoms with Gasteiger partial charge in [-0.1, -0.05) is 32.0 Å². The second kappa shape index (κ2) is 5.14. The highest BCUT2D eigenvalue weighted by molar-refractivity contribution is 5.83. The van der Waals surface area contributed by atoms with Gasteiger partial charge in [0.05, 0.1) is 12.0 Å². The Morgan fingerprint density at radius 2 is 2.08 bits per heavy atom. The van der Waals surface area contributed by atoms with Crippen molar-refractivity contribution < 1.29 is 9.21 Å². The van der Waals surface area contributed by atoms with Crippen LogP contribution < -0.4 is 5.73 Å². The first-order valence-corrected chi connectivity index (χ1v) is 8.31. The smallest absolute Gasteiger partial charge is 0.247 e. The van der Waals surface area contributed by atoms with Gasteiger partial charge < -0.3 is 10.2 Å². The van der Waals surface area contributed by atoms with Crippen molar-refractivity contribution in [2.45, 2.75) is 26.8 Å². The molecule has 1 aromatic carbocycles. The van der Waals surface area contributed by atoms with Crippen LogP contribution in [0.2, 0.25) is 0 Å². The summed E-state index contributed by atoms with van der Waals surface area (Å²) in [6.07, 6.45) is 0.857. The van der Waals surface area contributed by atoms with Gasteiger partial charge in [-0.25, -0.2) is 0 Å². The molecule has 0 radical (unpaired) electrons. The molecular weight excluding hydrogens is 304 g/mol. The van der Waals surface area contributed by atoms with Crippen LogP contribution in [0.3, 0.4) is 0 Å². The number of fused-ring (bicyclic) bond motifs is 1. The number of likely N-dealkylation sites (tertiary alicyclic amines) is 1. The summed E-state index contributed by atoms with van der Waals surface area (Å²) in [5.74, 6) is 1.23. The zero-order chi connectivity index (χ0) is 16.9. The van der Waals surface area contributed by atoms with Crippen molar-refractivity contribution in [2.24, 2.45) is 22.5 Å². The number of carbonyl (C=O) groups excluding carboxylic acids is 1. The van der Waals surface area contributed by atoms with E-state index in [9.17, 15) is 4.79 Å². The SMILES string of the molecule is CC1(C)C[C@]2(C(N)=O)CN(Cc3nnc(-c4ccccc4)o3)C[C@H]12. The van der Waals surface area contributed by atoms with Gasteiger partial charge in [-0.05, 0) is 29.9 Å². The Morgan fingerprint density at radius 1 is 1.33 bits per heavy atom. The van der Waals surface area contributed by atoms with E-state index < -0.39 is 0 Å². The van der Waals surface area contributed by atoms with Crippen molar-refractivity contribution in [3.05, 3.63) is 36.2 Å². The van der Waals surface area contributed by atoms with E-state index in [4.69, 9.17) is 10.2 Å². The molecule has 2 atom stereocenters. The zero-order valence-electron chi connectivity index (χ0n) is 14.0. The minimum absolute atomic E-state index is 0.161. The summed E-state index contributed by atoms with van der Waals surface area (Å²) in [5, 5.41) is 8.28. The summed E-state index contributed by atoms with van der Waals surface area (Å²) in [7, 11) is 0. The lowest BCUT2D eigenvalue weighted by Gasteiger charge is -2.54. The summed E-state index contributed by atoms with van der Waals surface area (Å²) in [4.78, 5) is 14.2. The van der Waals surface area contributed by atoms with E-state index in [0.29, 0.717) is 30.8 Å². The molecule has 1 amide bonds. The molecule has 1 aliphatic heterocycles. The van der Waals surface area contributed by atoms with Crippen molar-refractivity contribution in [3.8, 4) is 11.5 Å². The molecule has 4 rings (SSSR count). The number of nitrogens with zero attached hydrogens (tertiary/aromatic N) is 3. The Balaban J connectivity index is 1.50. The highest BCUT2D eigenvalue weighted by Gasteiger charge is 2.65. The first kappa shape index (κ1) is 15.3. The lowest BCUT2D eigenvalue weighted by Crippen LogP contribution is -2.59. The number of rotatable bonds is 4. The van der Waals surface area contributed by atoms with Crippen LogP contribution in [-0.4, -0.2) is 34.1 Å². The van der Waals surface area contributed by atoms with Gasteiger partial charge in [0.15, 0.2) is 0 Å². The fourth-order valence-corrected chi connectivity index (χ4v) is 4.65. The molecule has 126 valence electrons. The largest absolute Gasteiger partial charge is 0.419 e. The summed E-state index contributed by atoms with van der Waals surface area (Å²) in [5.41, 5.74) is 6.40. The Labute approximate surface area is 141 Å². The van der Waals surface area contributed by atoms with Crippen LogP contribution in [0.25, 0.3) is 11.5 Å². The van der Waals surface area contributed by atoms with E-state index in [2.05, 4.69) is 28.9 Å². The lowest BCUT2D eigenvalue weighted by atomic mass is 9.48. The first-order valence-electron chi connectivity index (χ1n) is 8.31. The van der Waals surface area contributed by atoms with E-state index in [1.54, 1.807) is 0 Å². The van der Waals surface area contributed by atoms with Crippen molar-refractivity contribution in [2.75, 3.05) is 13.1 Å². The van der Waals surface area contributed by atoms with Crippen LogP contribution in [0.1, 0.15) is 26.2 Å². The predicted octanol–water partition coefficient (Wildman–Crippen LogP) is 2.07. The van der Waals surface area contributed by atoms with Crippen molar-refractivity contribution in [1.29, 1.82) is 0 Å². The quantitative estimate of drug-likeness (QED) is 0.929. The Morgan fingerprint density at radius 3 is 2.71 bits per heavy atom. The number of aromatic nitrogens is 2. The molecule has 0 bridgehead atoms. The fourth-order valence-electron chi connectivity index (χ4n) is 4.65. The average molecular weight is 326 g/mol. The van der Waals surface area contributed by atoms with Crippen LogP contribution in [0.5, 0.6) is 0 Å². The zero-order valence-corrected chi connectivity index (χ0v) is 14.0. The molecule has 2 N–H and O–H groups in total. The van der Waals surface area contributed by atoms with Crippen LogP contribution in [0.15, 0.2) is 34.7 Å². The molecule has 6 heteroatoms. The molecule has 1 aromatic heterocycles. The third kappa shape index (κ3) is 2.24. The van der Waals surface area contributed by atoms with Crippen LogP contribution in [-0.2, 0) is 11.3 Å². The Kier molecular flexibility index (Phi) is 3.28. The molecule has 24 heavy (non-hydrogen) atoms. The second-order valence-corrected chi connectivity index (χ2v) is 7.77. The third-order valence-corrected chi connectivity index (χ3v) is 5.67. The summed E-state index contributed by atoms with van der Waals surface area (Å²) < 4.78 is 5.79. The van der Waals surface area contributed by atoms with Gasteiger partial charge in [0.2, 0.25) is 17.7 Å². The molecule has 2 fully saturated rings. The first-order chi connectivity index (χ1) is 11.4. The molecule has 1 saturated heterocycles. The molecule has 0 spiro atoms. The molecule has 1 aliphatic carbocycles. The van der Waals surface area contributed by atoms with E-state index in [1.807, 2.05) is 30.3 Å². The highest BCUT2D eigenvalue weighted by atomic mass is 16.4. The summed E-state index contributed by atoms with van der Waals surface area (Å²) in [6.45, 7) is 6.50. The summed E-state index contributed by atoms with van der Waals surface area (Å²) in [6, 6.07) is 9.72. The molecular formula is C18H22N4O2. The minimum atomic E-state index is -0.383. The van der Waals surface area contributed by atoms with E-state index in [-0.39, 0.29) is 16.7 Å². The monoisotopic (exact) mass is 326 g/mol. The Bertz CT molecular complexity index is 770. The third-order valence-electron chi connectivity index (χ3n) is 5.67. The molecule has 2 aromatic rings. The predicted molar refractivity (Wildman–Crippen MR) is 88.5 cm³/mol. The number of nitrogens with two attached hydrogens (primary N) is 1. The van der Waals surface area contributed by atoms with Crippen molar-refractivity contribution >= 4 is 5.91 Å². The normalized spacial score (nSPS) is 28.3. The molecule has 2 aliphatic rings. The molecule has 0 unspecified atom stereocenters. The van der Waals surface area contributed by atoms with Crippen molar-refractivity contribution in [3.63, 3.8) is 0 Å². The maximum Gasteiger partial charge on any atom is 0.247 e. The Hall–Kier alpha value is -2.21. The number of primary amides is 1. The standard InChI is InChI=1S/C18H22N4O2/c1-17(2)10-18(16(19)23)11-22(8-13(17)18)9-14-20-21-15(24-14)12-6-4-3-5-7-12/h3-7,13H,8-11H2,1-2H3,(H2,19,23)/t13-,18+/m1/s1. The van der Waals surface area contributed by atoms with Gasteiger partial charge in [0.25, 0.3) is 0 Å². The maximum absolute atomic E-state index is 12.0. The number of amides is 1. The van der Waals surface area contributed by atoms with Crippen molar-refractivity contribution in [1.82, 2.24) is 15.1 Å². The molecule has 6 nitrogen and oxygen atoms in total. The fraction of sp³-hybridized carbons (Fsp3) is 0.500. The number of hydrogen-bond acceptors (Lipinski definition) is 5. The lowest BCUT2D eigenvalue weighted by molar-refractivity contribution is -0.148. The van der Waals surface area contributed by atoms with Gasteiger partial charge in [0.1, 0.15) is 0 Å². The maximum atomic E-state index is 12.0. The topological polar surface area (TPSA) is 85.3 Å². The van der Waals surface area contributed by atoms with Crippen LogP contribution >= 0.6 is 0 Å². The van der Waals surface area contributed by atoms with E-state index in [1.165, 1.54) is 0 Å². The minimum Gasteiger partial charge on any atom is -0.419 e. The summed E-state index contributed by atoms with van der Waals surface area (Å²) >= 11 is 0. The number of benzene rings is 1. The van der Waals surface area contributed by atoms with Gasteiger partial charge in [-0.3, -0.25) is 9.69 Å². The average Bonchev–Trinajstić information content (AvgIpc) is 3.12. The second-order valence-electron chi connectivity index (χ2n) is 7.77. The molecule has 1 saturated carbocycles.